The lowest BCUT2D eigenvalue weighted by atomic mass is 9.95. The second-order valence-corrected chi connectivity index (χ2v) is 11.9. The molecule has 0 spiro atoms. The van der Waals surface area contributed by atoms with Crippen LogP contribution >= 0.6 is 23.1 Å². The van der Waals surface area contributed by atoms with Crippen molar-refractivity contribution in [1.29, 1.82) is 0 Å². The predicted molar refractivity (Wildman–Crippen MR) is 162 cm³/mol. The number of benzene rings is 4. The maximum Gasteiger partial charge on any atom is 0.301 e. The van der Waals surface area contributed by atoms with Crippen LogP contribution < -0.4 is 9.64 Å². The van der Waals surface area contributed by atoms with Crippen molar-refractivity contribution < 1.29 is 23.8 Å². The molecule has 6 rings (SSSR count). The van der Waals surface area contributed by atoms with E-state index in [1.54, 1.807) is 12.1 Å². The van der Waals surface area contributed by atoms with Gasteiger partial charge in [-0.2, -0.15) is 0 Å². The summed E-state index contributed by atoms with van der Waals surface area (Å²) in [6.45, 7) is 1.92. The molecule has 1 atom stereocenters. The third kappa shape index (κ3) is 5.03. The minimum atomic E-state index is -0.986. The number of methoxy groups -OCH3 is 1. The topological polar surface area (TPSA) is 92.6 Å². The van der Waals surface area contributed by atoms with Gasteiger partial charge in [0.2, 0.25) is 5.13 Å². The molecule has 42 heavy (non-hydrogen) atoms. The first-order valence-corrected chi connectivity index (χ1v) is 14.8. The highest BCUT2D eigenvalue weighted by atomic mass is 32.2. The second-order valence-electron chi connectivity index (χ2n) is 9.71. The number of amides is 1. The van der Waals surface area contributed by atoms with Crippen LogP contribution in [0.5, 0.6) is 5.75 Å². The molecule has 1 amide bonds. The van der Waals surface area contributed by atoms with Gasteiger partial charge in [-0.3, -0.25) is 14.5 Å². The highest BCUT2D eigenvalue weighted by Crippen LogP contribution is 2.44. The summed E-state index contributed by atoms with van der Waals surface area (Å²) in [5, 5.41) is 22.4. The standard InChI is InChI=1S/C32H24FN3O4S2/c1-18-10-12-20(13-11-18)27-26(28(37)21-14-15-25(40-2)24(33)16-21)29(38)30(39)36(27)31-34-35-32(42-31)41-17-22-8-5-7-19-6-3-4-9-23(19)22/h3-16,27,37H,17H2,1-2H3/b28-26+. The highest BCUT2D eigenvalue weighted by Gasteiger charge is 2.48. The molecular weight excluding hydrogens is 574 g/mol. The molecule has 0 radical (unpaired) electrons. The number of rotatable bonds is 7. The molecule has 0 saturated carbocycles. The number of aryl methyl sites for hydroxylation is 1. The van der Waals surface area contributed by atoms with Gasteiger partial charge in [-0.05, 0) is 47.0 Å². The van der Waals surface area contributed by atoms with Gasteiger partial charge in [0, 0.05) is 11.3 Å². The van der Waals surface area contributed by atoms with Gasteiger partial charge in [-0.15, -0.1) is 10.2 Å². The molecule has 1 aromatic heterocycles. The monoisotopic (exact) mass is 597 g/mol. The number of halogens is 1. The van der Waals surface area contributed by atoms with Crippen molar-refractivity contribution in [2.45, 2.75) is 23.1 Å². The zero-order valence-electron chi connectivity index (χ0n) is 22.6. The fraction of sp³-hybridized carbons (Fsp3) is 0.125. The molecule has 0 aliphatic carbocycles. The van der Waals surface area contributed by atoms with Crippen LogP contribution in [0.3, 0.4) is 0 Å². The number of ketones is 1. The Labute approximate surface area is 249 Å². The number of carbonyl (C=O) groups is 2. The summed E-state index contributed by atoms with van der Waals surface area (Å²) < 4.78 is 20.1. The number of hydrogen-bond donors (Lipinski definition) is 1. The van der Waals surface area contributed by atoms with E-state index in [9.17, 15) is 19.1 Å². The Hall–Kier alpha value is -4.54. The molecule has 2 heterocycles. The second kappa shape index (κ2) is 11.4. The first-order valence-electron chi connectivity index (χ1n) is 13.0. The smallest absolute Gasteiger partial charge is 0.301 e. The predicted octanol–water partition coefficient (Wildman–Crippen LogP) is 7.07. The van der Waals surface area contributed by atoms with Crippen LogP contribution in [-0.2, 0) is 15.3 Å². The van der Waals surface area contributed by atoms with Crippen LogP contribution in [0.1, 0.15) is 28.3 Å². The van der Waals surface area contributed by atoms with Crippen LogP contribution in [0.25, 0.3) is 16.5 Å². The molecule has 1 fully saturated rings. The lowest BCUT2D eigenvalue weighted by molar-refractivity contribution is -0.132. The summed E-state index contributed by atoms with van der Waals surface area (Å²) >= 11 is 2.68. The summed E-state index contributed by atoms with van der Waals surface area (Å²) in [7, 11) is 1.33. The summed E-state index contributed by atoms with van der Waals surface area (Å²) in [6.07, 6.45) is 0. The number of hydrogen-bond acceptors (Lipinski definition) is 8. The molecule has 1 aliphatic heterocycles. The van der Waals surface area contributed by atoms with Gasteiger partial charge in [0.1, 0.15) is 5.76 Å². The van der Waals surface area contributed by atoms with Gasteiger partial charge < -0.3 is 9.84 Å². The Morgan fingerprint density at radius 3 is 2.55 bits per heavy atom. The van der Waals surface area contributed by atoms with E-state index in [0.717, 1.165) is 28.0 Å². The van der Waals surface area contributed by atoms with E-state index in [4.69, 9.17) is 4.74 Å². The van der Waals surface area contributed by atoms with Crippen molar-refractivity contribution in [1.82, 2.24) is 10.2 Å². The number of aliphatic hydroxyl groups is 1. The summed E-state index contributed by atoms with van der Waals surface area (Å²) in [6, 6.07) is 24.4. The molecule has 4 aromatic carbocycles. The third-order valence-electron chi connectivity index (χ3n) is 7.10. The largest absolute Gasteiger partial charge is 0.507 e. The minimum absolute atomic E-state index is 0.00974. The van der Waals surface area contributed by atoms with Gasteiger partial charge >= 0.3 is 5.91 Å². The molecule has 10 heteroatoms. The fourth-order valence-corrected chi connectivity index (χ4v) is 6.85. The average molecular weight is 598 g/mol. The molecule has 210 valence electrons. The first-order chi connectivity index (χ1) is 20.4. The van der Waals surface area contributed by atoms with Crippen LogP contribution in [0.15, 0.2) is 94.8 Å². The number of carbonyl (C=O) groups excluding carboxylic acids is 2. The van der Waals surface area contributed by atoms with Crippen molar-refractivity contribution in [3.05, 3.63) is 119 Å². The van der Waals surface area contributed by atoms with Gasteiger partial charge in [0.25, 0.3) is 5.78 Å². The SMILES string of the molecule is COc1ccc(/C(O)=C2\C(=O)C(=O)N(c3nnc(SCc4cccc5ccccc45)s3)C2c2ccc(C)cc2)cc1F. The molecule has 0 bridgehead atoms. The normalized spacial score (nSPS) is 16.4. The lowest BCUT2D eigenvalue weighted by Gasteiger charge is -2.22. The minimum Gasteiger partial charge on any atom is -0.507 e. The quantitative estimate of drug-likeness (QED) is 0.0706. The van der Waals surface area contributed by atoms with Crippen molar-refractivity contribution >= 4 is 56.5 Å². The van der Waals surface area contributed by atoms with E-state index in [-0.39, 0.29) is 22.0 Å². The summed E-state index contributed by atoms with van der Waals surface area (Å²) in [5.41, 5.74) is 2.61. The number of aliphatic hydroxyl groups excluding tert-OH is 1. The maximum atomic E-state index is 14.5. The molecule has 1 aliphatic rings. The zero-order chi connectivity index (χ0) is 29.4. The summed E-state index contributed by atoms with van der Waals surface area (Å²) in [4.78, 5) is 28.2. The third-order valence-corrected chi connectivity index (χ3v) is 9.20. The Morgan fingerprint density at radius 1 is 1.02 bits per heavy atom. The van der Waals surface area contributed by atoms with E-state index in [0.29, 0.717) is 15.7 Å². The Balaban J connectivity index is 1.37. The van der Waals surface area contributed by atoms with E-state index in [1.165, 1.54) is 47.2 Å². The van der Waals surface area contributed by atoms with Crippen molar-refractivity contribution in [3.8, 4) is 5.75 Å². The van der Waals surface area contributed by atoms with Crippen LogP contribution in [-0.4, -0.2) is 34.1 Å². The van der Waals surface area contributed by atoms with E-state index < -0.39 is 29.3 Å². The molecule has 1 unspecified atom stereocenters. The van der Waals surface area contributed by atoms with Gasteiger partial charge in [-0.25, -0.2) is 4.39 Å². The Morgan fingerprint density at radius 2 is 1.79 bits per heavy atom. The van der Waals surface area contributed by atoms with Crippen molar-refractivity contribution in [2.75, 3.05) is 12.0 Å². The van der Waals surface area contributed by atoms with Crippen LogP contribution in [0, 0.1) is 12.7 Å². The maximum absolute atomic E-state index is 14.5. The molecule has 7 nitrogen and oxygen atoms in total. The average Bonchev–Trinajstić information content (AvgIpc) is 3.57. The zero-order valence-corrected chi connectivity index (χ0v) is 24.2. The molecule has 1 saturated heterocycles. The number of nitrogens with zero attached hydrogens (tertiary/aromatic N) is 3. The number of anilines is 1. The molecule has 5 aromatic rings. The van der Waals surface area contributed by atoms with Crippen LogP contribution in [0.4, 0.5) is 9.52 Å². The van der Waals surface area contributed by atoms with Gasteiger partial charge in [0.15, 0.2) is 15.9 Å². The van der Waals surface area contributed by atoms with E-state index >= 15 is 0 Å². The number of thioether (sulfide) groups is 1. The first kappa shape index (κ1) is 27.6. The Bertz CT molecular complexity index is 1860. The molecular formula is C32H24FN3O4S2. The van der Waals surface area contributed by atoms with Gasteiger partial charge in [0.05, 0.1) is 18.7 Å². The van der Waals surface area contributed by atoms with Gasteiger partial charge in [-0.1, -0.05) is 95.4 Å². The Kier molecular flexibility index (Phi) is 7.49. The van der Waals surface area contributed by atoms with E-state index in [1.807, 2.05) is 37.3 Å². The van der Waals surface area contributed by atoms with Crippen molar-refractivity contribution in [2.24, 2.45) is 0 Å². The number of fused-ring (bicyclic) bond motifs is 1. The molecule has 1 N–H and O–H groups in total. The lowest BCUT2D eigenvalue weighted by Crippen LogP contribution is -2.29. The number of ether oxygens (including phenoxy) is 1. The number of aromatic nitrogens is 2. The van der Waals surface area contributed by atoms with E-state index in [2.05, 4.69) is 34.5 Å². The highest BCUT2D eigenvalue weighted by molar-refractivity contribution is 8.00. The summed E-state index contributed by atoms with van der Waals surface area (Å²) in [5.74, 6) is -2.31. The van der Waals surface area contributed by atoms with Crippen molar-refractivity contribution in [3.63, 3.8) is 0 Å². The fourth-order valence-electron chi connectivity index (χ4n) is 4.98. The van der Waals surface area contributed by atoms with Crippen LogP contribution in [0.2, 0.25) is 0 Å². The number of Topliss-reactive ketones (excluding diaryl/α,β-unsaturated/α-hetero) is 1.